The Morgan fingerprint density at radius 1 is 0.283 bits per heavy atom. The van der Waals surface area contributed by atoms with Gasteiger partial charge in [0.1, 0.15) is 19.3 Å². The lowest BCUT2D eigenvalue weighted by atomic mass is 9.99. The number of esters is 4. The summed E-state index contributed by atoms with van der Waals surface area (Å²) in [5.74, 6) is 0.968. The molecule has 0 amide bonds. The molecular weight excluding hydrogens is 1290 g/mol. The standard InChI is InChI=1S/C80H156O17P2/c1-9-73(8)59-51-43-35-29-30-38-47-55-63-80(85)97-75(66-90-77(82)60-52-44-36-27-23-20-16-18-22-26-33-41-49-57-71(4)5)68-94-98(86,87)92-64-74(81)65-93-99(88,89)95-69-76(67-91-78(83)61-53-45-39-31-34-42-50-58-72(6)7)96-79(84)62-54-46-37-28-24-19-15-13-11-10-12-14-17-21-25-32-40-48-56-70(2)3/h70-76,81H,9-69H2,1-8H3,(H,86,87)(H,88,89)/t73?,74?,75-,76-/m1/s1. The minimum absolute atomic E-state index is 0.105. The van der Waals surface area contributed by atoms with Gasteiger partial charge < -0.3 is 33.8 Å². The number of phosphoric ester groups is 2. The second kappa shape index (κ2) is 69.1. The van der Waals surface area contributed by atoms with Gasteiger partial charge in [0.2, 0.25) is 0 Å². The Hall–Kier alpha value is -1.94. The quantitative estimate of drug-likeness (QED) is 0.0222. The molecule has 0 radical (unpaired) electrons. The third-order valence-corrected chi connectivity index (χ3v) is 20.8. The monoisotopic (exact) mass is 1450 g/mol. The van der Waals surface area contributed by atoms with Crippen LogP contribution in [0.15, 0.2) is 0 Å². The van der Waals surface area contributed by atoms with Crippen LogP contribution < -0.4 is 0 Å². The molecule has 0 spiro atoms. The molecule has 6 atom stereocenters. The van der Waals surface area contributed by atoms with E-state index in [-0.39, 0.29) is 25.7 Å². The second-order valence-electron chi connectivity index (χ2n) is 30.5. The van der Waals surface area contributed by atoms with Crippen molar-refractivity contribution < 1.29 is 80.2 Å². The van der Waals surface area contributed by atoms with Gasteiger partial charge in [-0.1, -0.05) is 357 Å². The van der Waals surface area contributed by atoms with E-state index in [1.54, 1.807) is 0 Å². The van der Waals surface area contributed by atoms with E-state index in [9.17, 15) is 43.2 Å². The summed E-state index contributed by atoms with van der Waals surface area (Å²) in [6, 6.07) is 0. The van der Waals surface area contributed by atoms with Crippen LogP contribution in [0.25, 0.3) is 0 Å². The molecule has 17 nitrogen and oxygen atoms in total. The summed E-state index contributed by atoms with van der Waals surface area (Å²) < 4.78 is 68.6. The van der Waals surface area contributed by atoms with Crippen molar-refractivity contribution >= 4 is 39.5 Å². The fourth-order valence-corrected chi connectivity index (χ4v) is 13.8. The molecule has 0 bridgehead atoms. The van der Waals surface area contributed by atoms with Gasteiger partial charge in [-0.3, -0.25) is 37.3 Å². The number of hydrogen-bond donors (Lipinski definition) is 3. The molecule has 0 aliphatic carbocycles. The molecule has 0 aliphatic rings. The number of carbonyl (C=O) groups is 4. The Bertz CT molecular complexity index is 1940. The molecule has 0 fully saturated rings. The van der Waals surface area contributed by atoms with Crippen LogP contribution in [0.1, 0.15) is 409 Å². The summed E-state index contributed by atoms with van der Waals surface area (Å²) in [5, 5.41) is 10.6. The number of phosphoric acid groups is 2. The lowest BCUT2D eigenvalue weighted by Crippen LogP contribution is -2.30. The summed E-state index contributed by atoms with van der Waals surface area (Å²) in [6.45, 7) is 14.2. The Morgan fingerprint density at radius 3 is 0.717 bits per heavy atom. The number of carbonyl (C=O) groups excluding carboxylic acids is 4. The summed E-state index contributed by atoms with van der Waals surface area (Å²) in [5.41, 5.74) is 0. The molecule has 0 heterocycles. The van der Waals surface area contributed by atoms with Crippen LogP contribution in [0.5, 0.6) is 0 Å². The Balaban J connectivity index is 5.19. The minimum atomic E-state index is -4.96. The van der Waals surface area contributed by atoms with Crippen molar-refractivity contribution in [3.8, 4) is 0 Å². The number of ether oxygens (including phenoxy) is 4. The molecule has 0 rings (SSSR count). The first kappa shape index (κ1) is 97.1. The van der Waals surface area contributed by atoms with Gasteiger partial charge in [-0.2, -0.15) is 0 Å². The number of hydrogen-bond acceptors (Lipinski definition) is 15. The van der Waals surface area contributed by atoms with Crippen molar-refractivity contribution in [2.24, 2.45) is 23.7 Å². The van der Waals surface area contributed by atoms with E-state index >= 15 is 0 Å². The van der Waals surface area contributed by atoms with Gasteiger partial charge in [0.05, 0.1) is 26.4 Å². The van der Waals surface area contributed by atoms with Crippen LogP contribution >= 0.6 is 15.6 Å². The van der Waals surface area contributed by atoms with Gasteiger partial charge >= 0.3 is 39.5 Å². The zero-order valence-electron chi connectivity index (χ0n) is 65.1. The summed E-state index contributed by atoms with van der Waals surface area (Å²) >= 11 is 0. The van der Waals surface area contributed by atoms with Crippen molar-refractivity contribution in [2.75, 3.05) is 39.6 Å². The molecule has 0 aliphatic heterocycles. The first-order chi connectivity index (χ1) is 47.6. The molecule has 588 valence electrons. The van der Waals surface area contributed by atoms with Gasteiger partial charge in [-0.05, 0) is 49.4 Å². The van der Waals surface area contributed by atoms with E-state index in [2.05, 4.69) is 55.4 Å². The van der Waals surface area contributed by atoms with Crippen molar-refractivity contribution in [3.63, 3.8) is 0 Å². The Labute approximate surface area is 607 Å². The van der Waals surface area contributed by atoms with E-state index in [0.717, 1.165) is 114 Å². The van der Waals surface area contributed by atoms with Crippen LogP contribution in [-0.2, 0) is 65.4 Å². The van der Waals surface area contributed by atoms with E-state index < -0.39 is 97.5 Å². The van der Waals surface area contributed by atoms with Gasteiger partial charge in [-0.25, -0.2) is 9.13 Å². The number of unbranched alkanes of at least 4 members (excludes halogenated alkanes) is 42. The molecule has 0 saturated heterocycles. The van der Waals surface area contributed by atoms with E-state index in [1.807, 2.05) is 0 Å². The zero-order valence-corrected chi connectivity index (χ0v) is 66.9. The molecule has 0 aromatic heterocycles. The van der Waals surface area contributed by atoms with E-state index in [4.69, 9.17) is 37.0 Å². The second-order valence-corrected chi connectivity index (χ2v) is 33.4. The van der Waals surface area contributed by atoms with Gasteiger partial charge in [-0.15, -0.1) is 0 Å². The van der Waals surface area contributed by atoms with E-state index in [0.29, 0.717) is 31.6 Å². The maximum absolute atomic E-state index is 13.1. The highest BCUT2D eigenvalue weighted by molar-refractivity contribution is 7.47. The normalized spacial score (nSPS) is 14.3. The van der Waals surface area contributed by atoms with Crippen LogP contribution in [0.3, 0.4) is 0 Å². The van der Waals surface area contributed by atoms with Crippen molar-refractivity contribution in [1.82, 2.24) is 0 Å². The lowest BCUT2D eigenvalue weighted by molar-refractivity contribution is -0.161. The highest BCUT2D eigenvalue weighted by Crippen LogP contribution is 2.45. The van der Waals surface area contributed by atoms with Gasteiger partial charge in [0.15, 0.2) is 12.2 Å². The molecule has 0 saturated carbocycles. The Morgan fingerprint density at radius 2 is 0.485 bits per heavy atom. The highest BCUT2D eigenvalue weighted by atomic mass is 31.2. The number of aliphatic hydroxyl groups is 1. The summed E-state index contributed by atoms with van der Waals surface area (Å²) in [4.78, 5) is 72.9. The predicted molar refractivity (Wildman–Crippen MR) is 404 cm³/mol. The topological polar surface area (TPSA) is 237 Å². The zero-order chi connectivity index (χ0) is 73.1. The fraction of sp³-hybridized carbons (Fsp3) is 0.950. The van der Waals surface area contributed by atoms with Crippen molar-refractivity contribution in [3.05, 3.63) is 0 Å². The van der Waals surface area contributed by atoms with Crippen LogP contribution in [0.4, 0.5) is 0 Å². The Kier molecular flexibility index (Phi) is 67.8. The van der Waals surface area contributed by atoms with E-state index in [1.165, 1.54) is 205 Å². The van der Waals surface area contributed by atoms with Gasteiger partial charge in [0.25, 0.3) is 0 Å². The summed E-state index contributed by atoms with van der Waals surface area (Å²) in [7, 11) is -9.92. The van der Waals surface area contributed by atoms with Crippen LogP contribution in [0.2, 0.25) is 0 Å². The number of aliphatic hydroxyl groups excluding tert-OH is 1. The number of rotatable bonds is 77. The molecule has 0 aromatic carbocycles. The molecule has 19 heteroatoms. The molecule has 0 aromatic rings. The fourth-order valence-electron chi connectivity index (χ4n) is 12.2. The van der Waals surface area contributed by atoms with Gasteiger partial charge in [0, 0.05) is 25.7 Å². The van der Waals surface area contributed by atoms with Crippen LogP contribution in [0, 0.1) is 23.7 Å². The SMILES string of the molecule is CCC(C)CCCCCCCCCCC(=O)O[C@H](COC(=O)CCCCCCCCCCCCCCCC(C)C)COP(=O)(O)OCC(O)COP(=O)(O)OC[C@@H](COC(=O)CCCCCCCCCC(C)C)OC(=O)CCCCCCCCCCCCCCCCCCCCC(C)C. The molecular formula is C80H156O17P2. The molecule has 4 unspecified atom stereocenters. The largest absolute Gasteiger partial charge is 0.472 e. The lowest BCUT2D eigenvalue weighted by Gasteiger charge is -2.21. The maximum atomic E-state index is 13.1. The summed E-state index contributed by atoms with van der Waals surface area (Å²) in [6.07, 6.45) is 55.6. The van der Waals surface area contributed by atoms with Crippen molar-refractivity contribution in [1.29, 1.82) is 0 Å². The highest BCUT2D eigenvalue weighted by Gasteiger charge is 2.30. The maximum Gasteiger partial charge on any atom is 0.472 e. The smallest absolute Gasteiger partial charge is 0.462 e. The predicted octanol–water partition coefficient (Wildman–Crippen LogP) is 23.6. The average Bonchev–Trinajstić information content (AvgIpc) is 1.85. The van der Waals surface area contributed by atoms with Crippen molar-refractivity contribution in [2.45, 2.75) is 427 Å². The minimum Gasteiger partial charge on any atom is -0.462 e. The third-order valence-electron chi connectivity index (χ3n) is 18.9. The average molecular weight is 1450 g/mol. The van der Waals surface area contributed by atoms with Crippen LogP contribution in [-0.4, -0.2) is 96.7 Å². The first-order valence-electron chi connectivity index (χ1n) is 41.2. The molecule has 99 heavy (non-hydrogen) atoms. The molecule has 3 N–H and O–H groups in total. The first-order valence-corrected chi connectivity index (χ1v) is 44.2. The third kappa shape index (κ3) is 72.8.